The van der Waals surface area contributed by atoms with Gasteiger partial charge in [-0.1, -0.05) is 0 Å². The van der Waals surface area contributed by atoms with Crippen LogP contribution in [0.25, 0.3) is 16.7 Å². The maximum absolute atomic E-state index is 13.6. The summed E-state index contributed by atoms with van der Waals surface area (Å²) < 4.78 is 46.6. The maximum Gasteiger partial charge on any atom is 0.425 e. The first-order chi connectivity index (χ1) is 13.6. The van der Waals surface area contributed by atoms with Crippen LogP contribution in [-0.4, -0.2) is 37.2 Å². The molecule has 0 radical (unpaired) electrons. The highest BCUT2D eigenvalue weighted by Gasteiger charge is 2.35. The molecule has 0 aliphatic rings. The number of aromatic nitrogens is 4. The van der Waals surface area contributed by atoms with E-state index in [9.17, 15) is 28.0 Å². The Hall–Kier alpha value is -3.77. The van der Waals surface area contributed by atoms with Crippen molar-refractivity contribution in [3.8, 4) is 5.69 Å². The van der Waals surface area contributed by atoms with Gasteiger partial charge in [0.05, 0.1) is 23.4 Å². The van der Waals surface area contributed by atoms with Crippen LogP contribution in [-0.2, 0) is 10.9 Å². The van der Waals surface area contributed by atoms with E-state index in [1.807, 2.05) is 5.43 Å². The zero-order valence-corrected chi connectivity index (χ0v) is 15.1. The van der Waals surface area contributed by atoms with Crippen LogP contribution in [0.3, 0.4) is 0 Å². The normalized spacial score (nSPS) is 11.5. The minimum atomic E-state index is -4.78. The maximum atomic E-state index is 13.6. The number of ether oxygens (including phenoxy) is 1. The molecule has 29 heavy (non-hydrogen) atoms. The van der Waals surface area contributed by atoms with E-state index in [4.69, 9.17) is 0 Å². The van der Waals surface area contributed by atoms with E-state index in [1.165, 1.54) is 23.9 Å². The summed E-state index contributed by atoms with van der Waals surface area (Å²) in [5, 5.41) is 10.1. The topological polar surface area (TPSA) is 123 Å². The standard InChI is InChI=1S/C16H15F3N6O4/c1-3-29-15(27)23-22-13-14(26)25(28)12-6-9(16(17,18)19)11(7-10(12)21-13)24-5-4-20-8(24)2/h4-7,28H,3H2,1-2H3,(H,21,22)(H,23,27). The number of hydrogen-bond donors (Lipinski definition) is 3. The number of carbonyl (C=O) groups is 1. The van der Waals surface area contributed by atoms with Gasteiger partial charge in [0.2, 0.25) is 5.82 Å². The van der Waals surface area contributed by atoms with E-state index in [-0.39, 0.29) is 28.4 Å². The summed E-state index contributed by atoms with van der Waals surface area (Å²) in [5.74, 6) is -0.240. The number of aryl methyl sites for hydroxylation is 1. The number of hydrogen-bond acceptors (Lipinski definition) is 7. The molecule has 2 heterocycles. The summed E-state index contributed by atoms with van der Waals surface area (Å²) in [6.45, 7) is 3.14. The van der Waals surface area contributed by atoms with Crippen molar-refractivity contribution in [2.45, 2.75) is 20.0 Å². The van der Waals surface area contributed by atoms with Gasteiger partial charge >= 0.3 is 17.8 Å². The van der Waals surface area contributed by atoms with Crippen LogP contribution < -0.4 is 16.4 Å². The second kappa shape index (κ2) is 7.33. The molecule has 0 fully saturated rings. The predicted molar refractivity (Wildman–Crippen MR) is 93.8 cm³/mol. The highest BCUT2D eigenvalue weighted by atomic mass is 19.4. The number of benzene rings is 1. The molecule has 2 aromatic heterocycles. The number of carbonyl (C=O) groups excluding carboxylic acids is 1. The summed E-state index contributed by atoms with van der Waals surface area (Å²) in [6, 6.07) is 1.66. The van der Waals surface area contributed by atoms with Gasteiger partial charge in [-0.3, -0.25) is 10.2 Å². The van der Waals surface area contributed by atoms with Gasteiger partial charge in [0, 0.05) is 12.4 Å². The first kappa shape index (κ1) is 20.0. The molecule has 3 rings (SSSR count). The van der Waals surface area contributed by atoms with Crippen LogP contribution >= 0.6 is 0 Å². The SMILES string of the molecule is CCOC(=O)NNc1nc2cc(-n3ccnc3C)c(C(F)(F)F)cc2n(O)c1=O. The Balaban J connectivity index is 2.19. The molecule has 3 N–H and O–H groups in total. The van der Waals surface area contributed by atoms with Crippen molar-refractivity contribution in [3.05, 3.63) is 46.3 Å². The lowest BCUT2D eigenvalue weighted by Gasteiger charge is -2.17. The van der Waals surface area contributed by atoms with Crippen molar-refractivity contribution in [2.24, 2.45) is 0 Å². The highest BCUT2D eigenvalue weighted by molar-refractivity contribution is 5.81. The molecule has 0 unspecified atom stereocenters. The molecule has 1 aromatic carbocycles. The van der Waals surface area contributed by atoms with Crippen molar-refractivity contribution in [1.29, 1.82) is 0 Å². The zero-order chi connectivity index (χ0) is 21.3. The lowest BCUT2D eigenvalue weighted by molar-refractivity contribution is -0.137. The molecule has 0 spiro atoms. The molecule has 154 valence electrons. The van der Waals surface area contributed by atoms with Crippen molar-refractivity contribution in [2.75, 3.05) is 12.0 Å². The Morgan fingerprint density at radius 3 is 2.66 bits per heavy atom. The fourth-order valence-electron chi connectivity index (χ4n) is 2.62. The molecule has 0 saturated heterocycles. The van der Waals surface area contributed by atoms with Gasteiger partial charge < -0.3 is 14.5 Å². The van der Waals surface area contributed by atoms with E-state index in [0.717, 1.165) is 6.07 Å². The first-order valence-electron chi connectivity index (χ1n) is 8.19. The molecule has 0 aliphatic carbocycles. The van der Waals surface area contributed by atoms with Gasteiger partial charge in [-0.25, -0.2) is 20.2 Å². The van der Waals surface area contributed by atoms with Gasteiger partial charge in [-0.05, 0) is 26.0 Å². The third kappa shape index (κ3) is 3.79. The molecule has 0 atom stereocenters. The van der Waals surface area contributed by atoms with Gasteiger partial charge in [-0.2, -0.15) is 13.2 Å². The zero-order valence-electron chi connectivity index (χ0n) is 15.1. The number of anilines is 1. The van der Waals surface area contributed by atoms with Gasteiger partial charge in [0.15, 0.2) is 0 Å². The van der Waals surface area contributed by atoms with Crippen LogP contribution in [0.5, 0.6) is 0 Å². The third-order valence-corrected chi connectivity index (χ3v) is 3.90. The number of nitrogens with one attached hydrogen (secondary N) is 2. The monoisotopic (exact) mass is 412 g/mol. The number of amides is 1. The first-order valence-corrected chi connectivity index (χ1v) is 8.19. The number of rotatable bonds is 4. The third-order valence-electron chi connectivity index (χ3n) is 3.90. The van der Waals surface area contributed by atoms with E-state index in [2.05, 4.69) is 20.1 Å². The van der Waals surface area contributed by atoms with E-state index in [0.29, 0.717) is 6.07 Å². The van der Waals surface area contributed by atoms with E-state index >= 15 is 0 Å². The van der Waals surface area contributed by atoms with Crippen LogP contribution in [0, 0.1) is 6.92 Å². The number of imidazole rings is 1. The highest BCUT2D eigenvalue weighted by Crippen LogP contribution is 2.36. The lowest BCUT2D eigenvalue weighted by Crippen LogP contribution is -2.35. The van der Waals surface area contributed by atoms with Gasteiger partial charge in [0.1, 0.15) is 11.3 Å². The second-order valence-corrected chi connectivity index (χ2v) is 5.75. The summed E-state index contributed by atoms with van der Waals surface area (Å²) in [7, 11) is 0. The molecular weight excluding hydrogens is 397 g/mol. The van der Waals surface area contributed by atoms with Crippen molar-refractivity contribution in [1.82, 2.24) is 24.7 Å². The molecule has 0 bridgehead atoms. The number of alkyl halides is 3. The predicted octanol–water partition coefficient (Wildman–Crippen LogP) is 2.22. The molecule has 13 heteroatoms. The smallest absolute Gasteiger partial charge is 0.425 e. The van der Waals surface area contributed by atoms with Crippen molar-refractivity contribution in [3.63, 3.8) is 0 Å². The molecule has 0 aliphatic heterocycles. The van der Waals surface area contributed by atoms with E-state index < -0.39 is 34.7 Å². The number of halogens is 3. The largest absolute Gasteiger partial charge is 0.449 e. The Morgan fingerprint density at radius 2 is 2.07 bits per heavy atom. The molecule has 1 amide bonds. The molecular formula is C16H15F3N6O4. The Labute approximate surface area is 160 Å². The average Bonchev–Trinajstić information content (AvgIpc) is 3.08. The molecule has 3 aromatic rings. The molecule has 0 saturated carbocycles. The lowest BCUT2D eigenvalue weighted by atomic mass is 10.1. The average molecular weight is 412 g/mol. The fraction of sp³-hybridized carbons (Fsp3) is 0.250. The summed E-state index contributed by atoms with van der Waals surface area (Å²) in [5.41, 5.74) is 1.02. The number of nitrogens with zero attached hydrogens (tertiary/aromatic N) is 4. The van der Waals surface area contributed by atoms with Gasteiger partial charge in [0.25, 0.3) is 0 Å². The second-order valence-electron chi connectivity index (χ2n) is 5.75. The minimum absolute atomic E-state index is 0.0112. The Kier molecular flexibility index (Phi) is 5.05. The summed E-state index contributed by atoms with van der Waals surface area (Å²) in [6.07, 6.45) is -3.03. The van der Waals surface area contributed by atoms with Crippen LogP contribution in [0.1, 0.15) is 18.3 Å². The number of hydrazine groups is 1. The Morgan fingerprint density at radius 1 is 1.34 bits per heavy atom. The van der Waals surface area contributed by atoms with Crippen LogP contribution in [0.4, 0.5) is 23.8 Å². The van der Waals surface area contributed by atoms with Crippen LogP contribution in [0.2, 0.25) is 0 Å². The molecule has 10 nitrogen and oxygen atoms in total. The quantitative estimate of drug-likeness (QED) is 0.443. The van der Waals surface area contributed by atoms with Gasteiger partial charge in [-0.15, -0.1) is 4.73 Å². The fourth-order valence-corrected chi connectivity index (χ4v) is 2.62. The minimum Gasteiger partial charge on any atom is -0.449 e. The Bertz CT molecular complexity index is 1140. The number of fused-ring (bicyclic) bond motifs is 1. The van der Waals surface area contributed by atoms with E-state index in [1.54, 1.807) is 6.92 Å². The summed E-state index contributed by atoms with van der Waals surface area (Å²) in [4.78, 5) is 31.4. The van der Waals surface area contributed by atoms with Crippen molar-refractivity contribution < 1.29 is 27.9 Å². The van der Waals surface area contributed by atoms with Crippen molar-refractivity contribution >= 4 is 22.9 Å². The summed E-state index contributed by atoms with van der Waals surface area (Å²) >= 11 is 0. The van der Waals surface area contributed by atoms with Crippen LogP contribution in [0.15, 0.2) is 29.3 Å².